The van der Waals surface area contributed by atoms with E-state index in [1.807, 2.05) is 6.92 Å². The number of aromatic nitrogens is 1. The number of hydrogen-bond acceptors (Lipinski definition) is 5. The van der Waals surface area contributed by atoms with Crippen LogP contribution in [-0.4, -0.2) is 16.6 Å². The number of benzene rings is 1. The molecule has 7 heteroatoms. The first-order chi connectivity index (χ1) is 9.04. The van der Waals surface area contributed by atoms with E-state index in [1.165, 1.54) is 18.0 Å². The predicted octanol–water partition coefficient (Wildman–Crippen LogP) is 2.95. The summed E-state index contributed by atoms with van der Waals surface area (Å²) in [5.74, 6) is 0.00762. The zero-order valence-corrected chi connectivity index (χ0v) is 11.7. The molecule has 0 bridgehead atoms. The van der Waals surface area contributed by atoms with Crippen LogP contribution in [0.4, 0.5) is 11.4 Å². The molecule has 5 nitrogen and oxygen atoms in total. The van der Waals surface area contributed by atoms with Crippen LogP contribution < -0.4 is 11.1 Å². The topological polar surface area (TPSA) is 81.2 Å². The summed E-state index contributed by atoms with van der Waals surface area (Å²) >= 11 is 7.18. The van der Waals surface area contributed by atoms with Crippen molar-refractivity contribution in [2.75, 3.05) is 16.8 Å². The van der Waals surface area contributed by atoms with Crippen molar-refractivity contribution in [3.05, 3.63) is 35.2 Å². The van der Waals surface area contributed by atoms with Gasteiger partial charge in [-0.05, 0) is 25.1 Å². The van der Waals surface area contributed by atoms with Gasteiger partial charge in [-0.25, -0.2) is 4.98 Å². The van der Waals surface area contributed by atoms with Crippen LogP contribution in [0.15, 0.2) is 34.1 Å². The first kappa shape index (κ1) is 13.8. The van der Waals surface area contributed by atoms with Crippen molar-refractivity contribution in [2.24, 2.45) is 0 Å². The third kappa shape index (κ3) is 3.90. The van der Waals surface area contributed by atoms with E-state index < -0.39 is 0 Å². The molecule has 0 atom stereocenters. The standard InChI is InChI=1S/C12H12ClN3O2S/c1-7-5-18-12(15-7)19-6-11(17)16-10-3-2-8(14)4-9(10)13/h2-5H,6,14H2,1H3,(H,16,17). The molecule has 2 aromatic rings. The van der Waals surface area contributed by atoms with E-state index in [4.69, 9.17) is 21.8 Å². The SMILES string of the molecule is Cc1coc(SCC(=O)Nc2ccc(N)cc2Cl)n1. The molecule has 0 saturated carbocycles. The van der Waals surface area contributed by atoms with Gasteiger partial charge in [-0.3, -0.25) is 4.79 Å². The summed E-state index contributed by atoms with van der Waals surface area (Å²) in [5.41, 5.74) is 7.44. The van der Waals surface area contributed by atoms with Gasteiger partial charge in [0, 0.05) is 5.69 Å². The maximum Gasteiger partial charge on any atom is 0.256 e. The fraction of sp³-hybridized carbons (Fsp3) is 0.167. The number of halogens is 1. The number of rotatable bonds is 4. The van der Waals surface area contributed by atoms with Crippen molar-refractivity contribution >= 4 is 40.6 Å². The number of anilines is 2. The Balaban J connectivity index is 1.90. The number of carbonyl (C=O) groups excluding carboxylic acids is 1. The second-order valence-electron chi connectivity index (χ2n) is 3.83. The van der Waals surface area contributed by atoms with Gasteiger partial charge >= 0.3 is 0 Å². The Bertz CT molecular complexity index is 600. The lowest BCUT2D eigenvalue weighted by Crippen LogP contribution is -2.14. The fourth-order valence-electron chi connectivity index (χ4n) is 1.34. The lowest BCUT2D eigenvalue weighted by molar-refractivity contribution is -0.113. The van der Waals surface area contributed by atoms with E-state index in [9.17, 15) is 4.79 Å². The summed E-state index contributed by atoms with van der Waals surface area (Å²) in [6, 6.07) is 4.92. The monoisotopic (exact) mass is 297 g/mol. The van der Waals surface area contributed by atoms with Gasteiger partial charge in [0.2, 0.25) is 5.91 Å². The number of carbonyl (C=O) groups is 1. The van der Waals surface area contributed by atoms with E-state index in [2.05, 4.69) is 10.3 Å². The van der Waals surface area contributed by atoms with Gasteiger partial charge in [-0.1, -0.05) is 23.4 Å². The lowest BCUT2D eigenvalue weighted by Gasteiger charge is -2.06. The van der Waals surface area contributed by atoms with E-state index in [0.29, 0.717) is 21.6 Å². The van der Waals surface area contributed by atoms with Crippen molar-refractivity contribution in [1.29, 1.82) is 0 Å². The Morgan fingerprint density at radius 3 is 3.00 bits per heavy atom. The molecule has 0 saturated heterocycles. The van der Waals surface area contributed by atoms with E-state index in [1.54, 1.807) is 18.2 Å². The number of nitrogens with two attached hydrogens (primary N) is 1. The second kappa shape index (κ2) is 5.99. The average Bonchev–Trinajstić information content (AvgIpc) is 2.76. The highest BCUT2D eigenvalue weighted by Crippen LogP contribution is 2.24. The molecule has 19 heavy (non-hydrogen) atoms. The summed E-state index contributed by atoms with van der Waals surface area (Å²) in [5, 5.41) is 3.57. The minimum atomic E-state index is -0.187. The zero-order valence-electron chi connectivity index (χ0n) is 10.1. The van der Waals surface area contributed by atoms with Crippen LogP contribution in [0.25, 0.3) is 0 Å². The molecule has 2 rings (SSSR count). The largest absolute Gasteiger partial charge is 0.440 e. The predicted molar refractivity (Wildman–Crippen MR) is 76.5 cm³/mol. The highest BCUT2D eigenvalue weighted by Gasteiger charge is 2.09. The highest BCUT2D eigenvalue weighted by atomic mass is 35.5. The number of hydrogen-bond donors (Lipinski definition) is 2. The third-order valence-electron chi connectivity index (χ3n) is 2.19. The fourth-order valence-corrected chi connectivity index (χ4v) is 2.23. The summed E-state index contributed by atoms with van der Waals surface area (Å²) in [7, 11) is 0. The number of oxazole rings is 1. The Morgan fingerprint density at radius 1 is 1.58 bits per heavy atom. The molecular weight excluding hydrogens is 286 g/mol. The molecule has 1 heterocycles. The summed E-state index contributed by atoms with van der Waals surface area (Å²) < 4.78 is 5.13. The van der Waals surface area contributed by atoms with E-state index >= 15 is 0 Å². The quantitative estimate of drug-likeness (QED) is 0.670. The van der Waals surface area contributed by atoms with Gasteiger partial charge in [-0.2, -0.15) is 0 Å². The molecule has 0 fully saturated rings. The summed E-state index contributed by atoms with van der Waals surface area (Å²) in [6.45, 7) is 1.82. The molecule has 0 radical (unpaired) electrons. The number of nitrogens with one attached hydrogen (secondary N) is 1. The molecule has 0 aliphatic rings. The van der Waals surface area contributed by atoms with Crippen LogP contribution in [0.2, 0.25) is 5.02 Å². The van der Waals surface area contributed by atoms with Gasteiger partial charge in [0.1, 0.15) is 6.26 Å². The lowest BCUT2D eigenvalue weighted by atomic mass is 10.3. The second-order valence-corrected chi connectivity index (χ2v) is 5.16. The van der Waals surface area contributed by atoms with Gasteiger partial charge < -0.3 is 15.5 Å². The van der Waals surface area contributed by atoms with Gasteiger partial charge in [-0.15, -0.1) is 0 Å². The summed E-state index contributed by atoms with van der Waals surface area (Å²) in [6.07, 6.45) is 1.54. The average molecular weight is 298 g/mol. The van der Waals surface area contributed by atoms with Crippen molar-refractivity contribution < 1.29 is 9.21 Å². The van der Waals surface area contributed by atoms with Crippen LogP contribution in [-0.2, 0) is 4.79 Å². The molecule has 0 aliphatic heterocycles. The Hall–Kier alpha value is -1.66. The Kier molecular flexibility index (Phi) is 4.34. The van der Waals surface area contributed by atoms with Crippen molar-refractivity contribution in [3.63, 3.8) is 0 Å². The number of amides is 1. The van der Waals surface area contributed by atoms with Crippen molar-refractivity contribution in [1.82, 2.24) is 4.98 Å². The molecule has 1 aromatic carbocycles. The summed E-state index contributed by atoms with van der Waals surface area (Å²) in [4.78, 5) is 15.8. The first-order valence-corrected chi connectivity index (χ1v) is 6.81. The van der Waals surface area contributed by atoms with Gasteiger partial charge in [0.25, 0.3) is 5.22 Å². The number of nitrogens with zero attached hydrogens (tertiary/aromatic N) is 1. The van der Waals surface area contributed by atoms with E-state index in [-0.39, 0.29) is 11.7 Å². The molecule has 0 spiro atoms. The molecular formula is C12H12ClN3O2S. The maximum absolute atomic E-state index is 11.7. The molecule has 1 aromatic heterocycles. The van der Waals surface area contributed by atoms with Crippen molar-refractivity contribution in [3.8, 4) is 0 Å². The highest BCUT2D eigenvalue weighted by molar-refractivity contribution is 7.99. The molecule has 0 unspecified atom stereocenters. The van der Waals surface area contributed by atoms with E-state index in [0.717, 1.165) is 5.69 Å². The zero-order chi connectivity index (χ0) is 13.8. The smallest absolute Gasteiger partial charge is 0.256 e. The Morgan fingerprint density at radius 2 is 2.37 bits per heavy atom. The van der Waals surface area contributed by atoms with Crippen LogP contribution in [0, 0.1) is 6.92 Å². The molecule has 100 valence electrons. The normalized spacial score (nSPS) is 10.4. The minimum Gasteiger partial charge on any atom is -0.440 e. The molecule has 1 amide bonds. The number of thioether (sulfide) groups is 1. The van der Waals surface area contributed by atoms with Crippen LogP contribution in [0.5, 0.6) is 0 Å². The van der Waals surface area contributed by atoms with Gasteiger partial charge in [0.15, 0.2) is 0 Å². The number of aryl methyl sites for hydroxylation is 1. The molecule has 3 N–H and O–H groups in total. The number of nitrogen functional groups attached to an aromatic ring is 1. The van der Waals surface area contributed by atoms with Crippen molar-refractivity contribution in [2.45, 2.75) is 12.1 Å². The molecule has 0 aliphatic carbocycles. The third-order valence-corrected chi connectivity index (χ3v) is 3.35. The Labute approximate surface area is 119 Å². The van der Waals surface area contributed by atoms with Crippen LogP contribution in [0.1, 0.15) is 5.69 Å². The minimum absolute atomic E-state index is 0.187. The first-order valence-electron chi connectivity index (χ1n) is 5.44. The van der Waals surface area contributed by atoms with Gasteiger partial charge in [0.05, 0.1) is 22.2 Å². The van der Waals surface area contributed by atoms with Crippen LogP contribution in [0.3, 0.4) is 0 Å². The van der Waals surface area contributed by atoms with Crippen LogP contribution >= 0.6 is 23.4 Å². The maximum atomic E-state index is 11.7.